The number of aromatic nitrogens is 3. The number of oxime groups is 1. The first-order chi connectivity index (χ1) is 17.3. The van der Waals surface area contributed by atoms with Gasteiger partial charge < -0.3 is 25.8 Å². The lowest BCUT2D eigenvalue weighted by Crippen LogP contribution is -2.71. The smallest absolute Gasteiger partial charge is 0.276 e. The van der Waals surface area contributed by atoms with Crippen molar-refractivity contribution in [3.8, 4) is 0 Å². The Morgan fingerprint density at radius 1 is 1.47 bits per heavy atom. The predicted molar refractivity (Wildman–Crippen MR) is 130 cm³/mol. The Labute approximate surface area is 216 Å². The normalized spacial score (nSPS) is 19.8. The zero-order valence-corrected chi connectivity index (χ0v) is 20.9. The summed E-state index contributed by atoms with van der Waals surface area (Å²) in [6.07, 6.45) is 3.95. The molecular formula is C21H18ClN7O5S2. The number of carbonyl (C=O) groups is 3. The van der Waals surface area contributed by atoms with E-state index in [0.29, 0.717) is 17.7 Å². The number of hydrogen-bond acceptors (Lipinski definition) is 10. The van der Waals surface area contributed by atoms with Crippen molar-refractivity contribution in [2.75, 3.05) is 18.6 Å². The maximum atomic E-state index is 13.0. The number of β-lactam (4-membered cyclic amide) rings is 1. The zero-order chi connectivity index (χ0) is 25.6. The topological polar surface area (TPSA) is 170 Å². The average molecular weight is 548 g/mol. The number of halogens is 1. The molecule has 0 aliphatic carbocycles. The van der Waals surface area contributed by atoms with E-state index in [9.17, 15) is 19.5 Å². The quantitative estimate of drug-likeness (QED) is 0.153. The third-order valence-corrected chi connectivity index (χ3v) is 8.15. The molecule has 4 N–H and O–H groups in total. The van der Waals surface area contributed by atoms with Crippen LogP contribution in [0.1, 0.15) is 11.3 Å². The minimum Gasteiger partial charge on any atom is -0.543 e. The SMILES string of the molecule is CO/N=C(\C(=O)N[C@@H]1C(=O)N2C(C(=O)[O-])=C(Cc3c[nH][n+]4ccccc34)CS[C@@H]12)c1nc(N)sc1Cl. The Bertz CT molecular complexity index is 1470. The van der Waals surface area contributed by atoms with Crippen LogP contribution >= 0.6 is 34.7 Å². The molecule has 0 radical (unpaired) electrons. The van der Waals surface area contributed by atoms with Gasteiger partial charge in [-0.15, -0.1) is 11.8 Å². The number of nitrogens with two attached hydrogens (primary N) is 1. The van der Waals surface area contributed by atoms with Gasteiger partial charge in [-0.25, -0.2) is 4.98 Å². The Hall–Kier alpha value is -3.62. The maximum absolute atomic E-state index is 13.0. The van der Waals surface area contributed by atoms with Gasteiger partial charge in [-0.3, -0.25) is 14.5 Å². The fourth-order valence-corrected chi connectivity index (χ4v) is 6.45. The van der Waals surface area contributed by atoms with E-state index >= 15 is 0 Å². The molecule has 0 unspecified atom stereocenters. The number of nitrogen functional groups attached to an aromatic ring is 1. The average Bonchev–Trinajstić information content (AvgIpc) is 3.42. The summed E-state index contributed by atoms with van der Waals surface area (Å²) in [5.74, 6) is -2.45. The van der Waals surface area contributed by atoms with Crippen LogP contribution in [0, 0.1) is 0 Å². The molecule has 186 valence electrons. The highest BCUT2D eigenvalue weighted by Gasteiger charge is 2.53. The summed E-state index contributed by atoms with van der Waals surface area (Å²) in [4.78, 5) is 48.0. The molecule has 2 atom stereocenters. The van der Waals surface area contributed by atoms with Crippen LogP contribution in [0.3, 0.4) is 0 Å². The van der Waals surface area contributed by atoms with Crippen molar-refractivity contribution in [2.24, 2.45) is 5.16 Å². The number of aliphatic carboxylic acids is 1. The zero-order valence-electron chi connectivity index (χ0n) is 18.6. The van der Waals surface area contributed by atoms with E-state index in [2.05, 4.69) is 20.6 Å². The number of aromatic amines is 1. The number of hydrogen-bond donors (Lipinski definition) is 3. The third kappa shape index (κ3) is 4.06. The second kappa shape index (κ2) is 9.44. The molecule has 12 nitrogen and oxygen atoms in total. The third-order valence-electron chi connectivity index (χ3n) is 5.72. The molecule has 2 aliphatic rings. The Morgan fingerprint density at radius 3 is 2.97 bits per heavy atom. The van der Waals surface area contributed by atoms with E-state index in [4.69, 9.17) is 22.2 Å². The van der Waals surface area contributed by atoms with Gasteiger partial charge in [-0.05, 0) is 11.6 Å². The van der Waals surface area contributed by atoms with Gasteiger partial charge in [-0.1, -0.05) is 32.6 Å². The predicted octanol–water partition coefficient (Wildman–Crippen LogP) is -0.557. The molecular weight excluding hydrogens is 530 g/mol. The van der Waals surface area contributed by atoms with Crippen molar-refractivity contribution < 1.29 is 28.8 Å². The lowest BCUT2D eigenvalue weighted by Gasteiger charge is -2.50. The number of amides is 2. The molecule has 5 rings (SSSR count). The molecule has 0 saturated carbocycles. The van der Waals surface area contributed by atoms with Crippen molar-refractivity contribution in [3.05, 3.63) is 57.5 Å². The van der Waals surface area contributed by atoms with Crippen molar-refractivity contribution >= 4 is 68.8 Å². The van der Waals surface area contributed by atoms with Crippen LogP contribution in [0.5, 0.6) is 0 Å². The minimum atomic E-state index is -1.45. The second-order valence-electron chi connectivity index (χ2n) is 7.83. The first kappa shape index (κ1) is 24.1. The highest BCUT2D eigenvalue weighted by Crippen LogP contribution is 2.41. The molecule has 1 fully saturated rings. The van der Waals surface area contributed by atoms with E-state index in [1.807, 2.05) is 28.9 Å². The second-order valence-corrected chi connectivity index (χ2v) is 10.6. The van der Waals surface area contributed by atoms with Crippen LogP contribution in [0.4, 0.5) is 5.13 Å². The van der Waals surface area contributed by atoms with Gasteiger partial charge in [0.15, 0.2) is 17.0 Å². The van der Waals surface area contributed by atoms with Gasteiger partial charge in [0.1, 0.15) is 28.6 Å². The molecule has 5 heterocycles. The minimum absolute atomic E-state index is 0.0210. The molecule has 2 aliphatic heterocycles. The number of nitrogens with zero attached hydrogens (tertiary/aromatic N) is 4. The molecule has 36 heavy (non-hydrogen) atoms. The van der Waals surface area contributed by atoms with Crippen LogP contribution in [0.25, 0.3) is 5.52 Å². The van der Waals surface area contributed by atoms with E-state index in [0.717, 1.165) is 27.3 Å². The largest absolute Gasteiger partial charge is 0.543 e. The molecule has 3 aromatic rings. The number of H-pyrrole nitrogens is 1. The number of carbonyl (C=O) groups excluding carboxylic acids is 3. The summed E-state index contributed by atoms with van der Waals surface area (Å²) < 4.78 is 1.95. The van der Waals surface area contributed by atoms with Gasteiger partial charge in [0.25, 0.3) is 11.8 Å². The summed E-state index contributed by atoms with van der Waals surface area (Å²) in [5, 5.41) is 21.0. The van der Waals surface area contributed by atoms with Gasteiger partial charge in [0.2, 0.25) is 5.52 Å². The number of carboxylic acid groups (broad SMARTS) is 1. The van der Waals surface area contributed by atoms with E-state index in [1.54, 1.807) is 6.20 Å². The summed E-state index contributed by atoms with van der Waals surface area (Å²) in [6.45, 7) is 0. The molecule has 1 saturated heterocycles. The summed E-state index contributed by atoms with van der Waals surface area (Å²) in [6, 6.07) is 4.67. The molecule has 3 aromatic heterocycles. The number of thioether (sulfide) groups is 1. The van der Waals surface area contributed by atoms with Crippen LogP contribution in [-0.2, 0) is 25.6 Å². The monoisotopic (exact) mass is 547 g/mol. The number of thiazole rings is 1. The van der Waals surface area contributed by atoms with Crippen LogP contribution in [0.2, 0.25) is 4.34 Å². The first-order valence-corrected chi connectivity index (χ1v) is 12.7. The fourth-order valence-electron chi connectivity index (χ4n) is 4.17. The van der Waals surface area contributed by atoms with Crippen LogP contribution < -0.4 is 20.7 Å². The summed E-state index contributed by atoms with van der Waals surface area (Å²) >= 11 is 8.41. The number of anilines is 1. The first-order valence-electron chi connectivity index (χ1n) is 10.5. The Kier molecular flexibility index (Phi) is 6.32. The highest BCUT2D eigenvalue weighted by atomic mass is 35.5. The number of nitrogens with one attached hydrogen (secondary N) is 2. The summed E-state index contributed by atoms with van der Waals surface area (Å²) in [7, 11) is 1.24. The van der Waals surface area contributed by atoms with Crippen molar-refractivity contribution in [3.63, 3.8) is 0 Å². The van der Waals surface area contributed by atoms with Gasteiger partial charge in [0, 0.05) is 24.3 Å². The molecule has 0 aromatic carbocycles. The van der Waals surface area contributed by atoms with Gasteiger partial charge in [0.05, 0.1) is 23.4 Å². The van der Waals surface area contributed by atoms with E-state index in [-0.39, 0.29) is 26.6 Å². The fraction of sp³-hybridized carbons (Fsp3) is 0.238. The van der Waals surface area contributed by atoms with Crippen LogP contribution in [0.15, 0.2) is 47.0 Å². The van der Waals surface area contributed by atoms with Crippen molar-refractivity contribution in [1.29, 1.82) is 0 Å². The molecule has 0 bridgehead atoms. The lowest BCUT2D eigenvalue weighted by molar-refractivity contribution is -0.576. The van der Waals surface area contributed by atoms with E-state index < -0.39 is 29.2 Å². The number of pyridine rings is 1. The highest BCUT2D eigenvalue weighted by molar-refractivity contribution is 8.00. The maximum Gasteiger partial charge on any atom is 0.276 e. The van der Waals surface area contributed by atoms with Crippen molar-refractivity contribution in [2.45, 2.75) is 17.8 Å². The van der Waals surface area contributed by atoms with Crippen molar-refractivity contribution in [1.82, 2.24) is 20.3 Å². The molecule has 0 spiro atoms. The lowest BCUT2D eigenvalue weighted by atomic mass is 9.99. The number of fused-ring (bicyclic) bond motifs is 2. The number of rotatable bonds is 7. The van der Waals surface area contributed by atoms with Crippen LogP contribution in [-0.4, -0.2) is 62.8 Å². The number of carboxylic acids is 1. The Morgan fingerprint density at radius 2 is 2.28 bits per heavy atom. The van der Waals surface area contributed by atoms with E-state index in [1.165, 1.54) is 18.9 Å². The summed E-state index contributed by atoms with van der Waals surface area (Å²) in [5.41, 5.74) is 7.56. The standard InChI is InChI=1S/C21H18ClN7O5S2/c1-34-27-13(12-16(22)36-21(23)26-12)17(30)25-14-18(31)29-15(20(32)33)10(8-35-19(14)29)6-9-7-24-28-5-3-2-4-11(9)28/h2-5,7,14,19H,6,8H2,1H3,(H4,23,25,26,30,32,33)/b27-13-/t14-,19+/m1/s1. The van der Waals surface area contributed by atoms with Gasteiger partial charge >= 0.3 is 0 Å². The molecule has 15 heteroatoms. The Balaban J connectivity index is 1.38. The molecule has 2 amide bonds. The van der Waals surface area contributed by atoms with Gasteiger partial charge in [-0.2, -0.15) is 5.10 Å².